The van der Waals surface area contributed by atoms with Gasteiger partial charge < -0.3 is 103 Å². The Morgan fingerprint density at radius 2 is 0.525 bits per heavy atom. The number of carbonyl (C=O) groups excluding carboxylic acids is 14. The average molecular weight is 1720 g/mol. The molecule has 1 rings (SSSR count). The molecule has 0 unspecified atom stereocenters. The number of hydrogen-bond acceptors (Lipinski definition) is 19. The van der Waals surface area contributed by atoms with Gasteiger partial charge in [0.2, 0.25) is 82.7 Å². The summed E-state index contributed by atoms with van der Waals surface area (Å²) in [5.74, 6) is -10.5. The molecule has 33 heteroatoms. The van der Waals surface area contributed by atoms with Gasteiger partial charge in [0.05, 0.1) is 0 Å². The van der Waals surface area contributed by atoms with Crippen molar-refractivity contribution in [3.63, 3.8) is 0 Å². The first kappa shape index (κ1) is 111. The van der Waals surface area contributed by atoms with E-state index in [0.717, 1.165) is 0 Å². The molecular weight excluding hydrogens is 1560 g/mol. The monoisotopic (exact) mass is 1720 g/mol. The molecular formula is C89H162N18O15. The van der Waals surface area contributed by atoms with Crippen LogP contribution in [0.15, 0.2) is 24.3 Å². The van der Waals surface area contributed by atoms with Crippen LogP contribution in [0.2, 0.25) is 0 Å². The highest BCUT2D eigenvalue weighted by molar-refractivity contribution is 6.02. The van der Waals surface area contributed by atoms with Crippen LogP contribution in [0.3, 0.4) is 0 Å². The molecule has 0 aliphatic heterocycles. The van der Waals surface area contributed by atoms with Gasteiger partial charge in [-0.1, -0.05) is 161 Å². The van der Waals surface area contributed by atoms with E-state index in [4.69, 9.17) is 28.7 Å². The van der Waals surface area contributed by atoms with Crippen molar-refractivity contribution < 1.29 is 72.2 Å². The normalized spacial score (nSPS) is 14.3. The first-order valence-corrected chi connectivity index (χ1v) is 45.5. The van der Waals surface area contributed by atoms with Crippen LogP contribution in [0.5, 0.6) is 5.75 Å². The van der Waals surface area contributed by atoms with Gasteiger partial charge in [0.25, 0.3) is 0 Å². The van der Waals surface area contributed by atoms with Crippen molar-refractivity contribution in [2.24, 2.45) is 58.3 Å². The number of phenols is 1. The zero-order valence-corrected chi connectivity index (χ0v) is 77.1. The minimum atomic E-state index is -1.68. The molecule has 0 aliphatic carbocycles. The molecule has 14 amide bonds. The third-order valence-electron chi connectivity index (χ3n) is 21.6. The number of rotatable bonds is 66. The molecule has 698 valence electrons. The first-order valence-electron chi connectivity index (χ1n) is 45.5. The van der Waals surface area contributed by atoms with Crippen molar-refractivity contribution in [3.8, 4) is 5.75 Å². The van der Waals surface area contributed by atoms with E-state index in [1.54, 1.807) is 12.1 Å². The summed E-state index contributed by atoms with van der Waals surface area (Å²) in [5.41, 5.74) is 25.5. The van der Waals surface area contributed by atoms with Gasteiger partial charge in [0, 0.05) is 13.3 Å². The molecule has 0 saturated heterocycles. The minimum Gasteiger partial charge on any atom is -0.508 e. The van der Waals surface area contributed by atoms with Gasteiger partial charge in [-0.3, -0.25) is 67.1 Å². The van der Waals surface area contributed by atoms with Gasteiger partial charge in [-0.25, -0.2) is 0 Å². The van der Waals surface area contributed by atoms with E-state index in [0.29, 0.717) is 109 Å². The number of nitrogens with two attached hydrogens (primary N) is 5. The van der Waals surface area contributed by atoms with Crippen LogP contribution in [-0.2, 0) is 73.5 Å². The van der Waals surface area contributed by atoms with Crippen LogP contribution in [0, 0.1) is 29.6 Å². The maximum absolute atomic E-state index is 15.4. The Balaban J connectivity index is 3.91. The number of phenolic OH excluding ortho intramolecular Hbond substituents is 1. The molecule has 33 nitrogen and oxygen atoms in total. The Morgan fingerprint density at radius 3 is 0.779 bits per heavy atom. The molecule has 1 aromatic rings. The maximum Gasteiger partial charge on any atom is 0.246 e. The SMILES string of the molecule is CCCC(CCC)(NC(=O)[C@H](CCCCN)NC(=O)[C@H](CC(C)C)NC(=O)[C@H](CC(C)C)NC(=O)C(CCC)(CCC)NC(=O)[C@H](CC(C)C)NC(=O)[C@H](CCCCN)NC(=O)[C@H](CC(C)C)NC(=O)C(CCC)(CCC)NC(=O)[C@H](CCCCN)NC(=O)[C@H](CC(C)C)NC(=O)[C@H](CCCCN)NC(=O)[C@H](Cc1ccc(O)cc1)NC(C)=O)C(N)=O. The highest BCUT2D eigenvalue weighted by atomic mass is 16.3. The number of primary amides is 1. The molecule has 1 aromatic carbocycles. The number of unbranched alkanes of at least 4 members (excludes halogenated alkanes) is 4. The smallest absolute Gasteiger partial charge is 0.246 e. The van der Waals surface area contributed by atoms with Crippen LogP contribution in [0.4, 0.5) is 0 Å². The number of aromatic hydroxyl groups is 1. The summed E-state index contributed by atoms with van der Waals surface area (Å²) in [7, 11) is 0. The summed E-state index contributed by atoms with van der Waals surface area (Å²) < 4.78 is 0. The molecule has 0 spiro atoms. The largest absolute Gasteiger partial charge is 0.508 e. The summed E-state index contributed by atoms with van der Waals surface area (Å²) in [6.07, 6.45) is 7.89. The molecule has 10 atom stereocenters. The van der Waals surface area contributed by atoms with Crippen molar-refractivity contribution in [2.75, 3.05) is 26.2 Å². The highest BCUT2D eigenvalue weighted by Crippen LogP contribution is 2.27. The van der Waals surface area contributed by atoms with Crippen LogP contribution in [-0.4, -0.2) is 191 Å². The highest BCUT2D eigenvalue weighted by Gasteiger charge is 2.46. The van der Waals surface area contributed by atoms with Crippen LogP contribution >= 0.6 is 0 Å². The predicted octanol–water partition coefficient (Wildman–Crippen LogP) is 5.40. The summed E-state index contributed by atoms with van der Waals surface area (Å²) in [6, 6.07) is -6.24. The second-order valence-corrected chi connectivity index (χ2v) is 35.5. The van der Waals surface area contributed by atoms with Crippen molar-refractivity contribution in [1.29, 1.82) is 0 Å². The molecule has 0 heterocycles. The van der Waals surface area contributed by atoms with Gasteiger partial charge >= 0.3 is 0 Å². The quantitative estimate of drug-likeness (QED) is 0.0363. The van der Waals surface area contributed by atoms with E-state index in [2.05, 4.69) is 69.1 Å². The number of carbonyl (C=O) groups is 14. The Morgan fingerprint density at radius 1 is 0.303 bits per heavy atom. The van der Waals surface area contributed by atoms with Crippen LogP contribution in [0.25, 0.3) is 0 Å². The van der Waals surface area contributed by atoms with Crippen molar-refractivity contribution in [1.82, 2.24) is 69.1 Å². The lowest BCUT2D eigenvalue weighted by Gasteiger charge is -2.37. The Labute approximate surface area is 728 Å². The number of nitrogens with one attached hydrogen (secondary N) is 13. The van der Waals surface area contributed by atoms with Crippen molar-refractivity contribution in [2.45, 2.75) is 387 Å². The Kier molecular flexibility index (Phi) is 54.2. The summed E-state index contributed by atoms with van der Waals surface area (Å²) in [6.45, 7) is 32.0. The van der Waals surface area contributed by atoms with E-state index < -0.39 is 160 Å². The fraction of sp³-hybridized carbons (Fsp3) is 0.775. The summed E-state index contributed by atoms with van der Waals surface area (Å²) in [4.78, 5) is 204. The topological polar surface area (TPSA) is 546 Å². The molecule has 0 aliphatic rings. The van der Waals surface area contributed by atoms with Gasteiger partial charge in [0.15, 0.2) is 0 Å². The minimum absolute atomic E-state index is 0.00399. The van der Waals surface area contributed by atoms with E-state index in [1.165, 1.54) is 19.1 Å². The second-order valence-electron chi connectivity index (χ2n) is 35.5. The molecule has 0 saturated carbocycles. The van der Waals surface area contributed by atoms with Gasteiger partial charge in [-0.2, -0.15) is 0 Å². The van der Waals surface area contributed by atoms with Crippen molar-refractivity contribution >= 4 is 82.7 Å². The van der Waals surface area contributed by atoms with Gasteiger partial charge in [-0.15, -0.1) is 0 Å². The lowest BCUT2D eigenvalue weighted by Crippen LogP contribution is -2.66. The first-order chi connectivity index (χ1) is 57.6. The maximum atomic E-state index is 15.4. The van der Waals surface area contributed by atoms with E-state index in [1.807, 2.05) is 111 Å². The molecule has 0 bridgehead atoms. The number of amides is 14. The van der Waals surface area contributed by atoms with Gasteiger partial charge in [0.1, 0.15) is 82.8 Å². The third kappa shape index (κ3) is 40.8. The average Bonchev–Trinajstić information content (AvgIpc) is 0.810. The summed E-state index contributed by atoms with van der Waals surface area (Å²) >= 11 is 0. The lowest BCUT2D eigenvalue weighted by atomic mass is 9.86. The molecule has 0 aromatic heterocycles. The molecule has 0 radical (unpaired) electrons. The number of hydrogen-bond donors (Lipinski definition) is 19. The standard InChI is InChI=1S/C89H162N18O15/c1-18-40-87(41-19-2,84(94)120)105-81(117)66(34-26-30-48-92)98-77(113)69(51-57(9)10)101-79(115)71(53-59(13)14)104-86(122)89(44-22-5,45-23-6)107-83(119)72(54-60(15)16)102-75(111)65(33-25-29-47-91)96-78(114)70(52-58(11)12)103-85(121)88(42-20-3,43-21-4)106-82(118)67(35-27-31-49-93)99-76(112)68(50-56(7)8)100-74(110)64(32-24-28-46-90)97-80(116)73(95-61(17)108)55-62-36-38-63(109)39-37-62/h36-39,56-60,64-73,109H,18-35,40-55,90-93H2,1-17H3,(H2,94,120)(H,95,108)(H,96,114)(H,97,116)(H,98,113)(H,99,112)(H,100,110)(H,101,115)(H,102,111)(H,103,121)(H,104,122)(H,105,117)(H,106,118)(H,107,119)/t64-,65-,66-,67-,68-,69-,70-,71-,72-,73-/m0/s1. The fourth-order valence-corrected chi connectivity index (χ4v) is 15.5. The molecule has 0 fully saturated rings. The second kappa shape index (κ2) is 59.3. The van der Waals surface area contributed by atoms with E-state index >= 15 is 28.8 Å². The van der Waals surface area contributed by atoms with Crippen molar-refractivity contribution in [3.05, 3.63) is 29.8 Å². The molecule has 122 heavy (non-hydrogen) atoms. The Bertz CT molecular complexity index is 3360. The lowest BCUT2D eigenvalue weighted by molar-refractivity contribution is -0.140. The predicted molar refractivity (Wildman–Crippen MR) is 477 cm³/mol. The summed E-state index contributed by atoms with van der Waals surface area (Å²) in [5, 5.41) is 47.5. The molecule has 24 N–H and O–H groups in total. The fourth-order valence-electron chi connectivity index (χ4n) is 15.5. The third-order valence-corrected chi connectivity index (χ3v) is 21.6. The van der Waals surface area contributed by atoms with E-state index in [-0.39, 0.29) is 151 Å². The zero-order chi connectivity index (χ0) is 92.5. The Hall–Kier alpha value is -8.56. The van der Waals surface area contributed by atoms with Gasteiger partial charge in [-0.05, 0) is 221 Å². The van der Waals surface area contributed by atoms with E-state index in [9.17, 15) is 43.5 Å². The van der Waals surface area contributed by atoms with Crippen LogP contribution in [0.1, 0.15) is 309 Å². The zero-order valence-electron chi connectivity index (χ0n) is 77.1. The van der Waals surface area contributed by atoms with Crippen LogP contribution < -0.4 is 97.8 Å². The number of benzene rings is 1.